The molecule has 1 saturated heterocycles. The van der Waals surface area contributed by atoms with Crippen molar-refractivity contribution in [3.05, 3.63) is 101 Å². The Kier molecular flexibility index (Phi) is 7.86. The van der Waals surface area contributed by atoms with Crippen LogP contribution < -0.4 is 4.74 Å². The Morgan fingerprint density at radius 1 is 0.850 bits per heavy atom. The highest BCUT2D eigenvalue weighted by Crippen LogP contribution is 2.49. The molecule has 0 unspecified atom stereocenters. The molecule has 7 heteroatoms. The van der Waals surface area contributed by atoms with E-state index in [2.05, 4.69) is 49.3 Å². The number of carbonyl (C=O) groups is 2. The Morgan fingerprint density at radius 3 is 2.12 bits per heavy atom. The van der Waals surface area contributed by atoms with Crippen LogP contribution in [-0.4, -0.2) is 67.1 Å². The van der Waals surface area contributed by atoms with Crippen molar-refractivity contribution in [1.29, 1.82) is 0 Å². The summed E-state index contributed by atoms with van der Waals surface area (Å²) in [4.78, 5) is 33.0. The third-order valence-corrected chi connectivity index (χ3v) is 9.02. The minimum atomic E-state index is -0.384. The van der Waals surface area contributed by atoms with E-state index in [-0.39, 0.29) is 23.1 Å². The Balaban J connectivity index is 1.47. The van der Waals surface area contributed by atoms with Crippen molar-refractivity contribution < 1.29 is 19.1 Å². The molecule has 0 bridgehead atoms. The molecule has 0 radical (unpaired) electrons. The lowest BCUT2D eigenvalue weighted by Gasteiger charge is -2.51. The molecule has 0 atom stereocenters. The van der Waals surface area contributed by atoms with Crippen LogP contribution in [0.15, 0.2) is 78.9 Å². The van der Waals surface area contributed by atoms with E-state index in [1.165, 1.54) is 12.7 Å². The molecule has 1 aliphatic heterocycles. The van der Waals surface area contributed by atoms with Crippen molar-refractivity contribution >= 4 is 12.0 Å². The fourth-order valence-corrected chi connectivity index (χ4v) is 6.63. The first-order chi connectivity index (χ1) is 19.3. The van der Waals surface area contributed by atoms with Crippen LogP contribution in [0.2, 0.25) is 0 Å². The van der Waals surface area contributed by atoms with Crippen LogP contribution in [0.3, 0.4) is 0 Å². The molecule has 1 saturated carbocycles. The van der Waals surface area contributed by atoms with Crippen molar-refractivity contribution in [2.24, 2.45) is 0 Å². The highest BCUT2D eigenvalue weighted by atomic mass is 16.5. The summed E-state index contributed by atoms with van der Waals surface area (Å²) < 4.78 is 10.4. The van der Waals surface area contributed by atoms with Crippen LogP contribution in [0.1, 0.15) is 52.7 Å². The lowest BCUT2D eigenvalue weighted by Crippen LogP contribution is -2.55. The molecule has 40 heavy (non-hydrogen) atoms. The largest absolute Gasteiger partial charge is 0.497 e. The predicted octanol–water partition coefficient (Wildman–Crippen LogP) is 5.69. The molecule has 1 spiro atoms. The topological polar surface area (TPSA) is 62.3 Å². The van der Waals surface area contributed by atoms with Crippen molar-refractivity contribution in [2.75, 3.05) is 34.9 Å². The average molecular weight is 542 g/mol. The number of nitrogens with zero attached hydrogens (tertiary/aromatic N) is 3. The van der Waals surface area contributed by atoms with Crippen molar-refractivity contribution in [1.82, 2.24) is 14.7 Å². The second kappa shape index (κ2) is 11.3. The summed E-state index contributed by atoms with van der Waals surface area (Å²) in [6.07, 6.45) is 3.60. The van der Waals surface area contributed by atoms with Gasteiger partial charge in [0.25, 0.3) is 0 Å². The second-order valence-corrected chi connectivity index (χ2v) is 11.2. The maximum Gasteiger partial charge on any atom is 0.338 e. The fraction of sp³-hybridized carbons (Fsp3) is 0.394. The molecule has 0 aromatic heterocycles. The molecular formula is C33H39N3O4. The van der Waals surface area contributed by atoms with E-state index in [1.54, 1.807) is 13.2 Å². The van der Waals surface area contributed by atoms with Crippen LogP contribution in [0.4, 0.5) is 4.79 Å². The van der Waals surface area contributed by atoms with Gasteiger partial charge in [-0.3, -0.25) is 4.90 Å². The van der Waals surface area contributed by atoms with E-state index in [1.807, 2.05) is 52.3 Å². The molecule has 210 valence electrons. The third kappa shape index (κ3) is 5.06. The first kappa shape index (κ1) is 27.7. The van der Waals surface area contributed by atoms with Gasteiger partial charge in [0.05, 0.1) is 25.3 Å². The minimum absolute atomic E-state index is 0.00699. The molecular weight excluding hydrogens is 502 g/mol. The molecule has 1 aliphatic carbocycles. The van der Waals surface area contributed by atoms with Crippen LogP contribution in [-0.2, 0) is 23.4 Å². The standard InChI is InChI=1S/C33H39N3O4/c1-34(2)33(27-11-6-5-7-12-27)20-18-32(19-21-33)24-35(22-25-14-16-28(39-3)17-15-25)31(38)36(32)23-26-10-8-9-13-29(26)30(37)40-4/h5-17H,18-24H2,1-4H3. The number of rotatable bonds is 8. The number of amides is 2. The minimum Gasteiger partial charge on any atom is -0.497 e. The van der Waals surface area contributed by atoms with E-state index in [4.69, 9.17) is 9.47 Å². The van der Waals surface area contributed by atoms with Gasteiger partial charge in [0, 0.05) is 25.2 Å². The molecule has 1 heterocycles. The first-order valence-corrected chi connectivity index (χ1v) is 13.9. The van der Waals surface area contributed by atoms with Gasteiger partial charge in [0.15, 0.2) is 0 Å². The summed E-state index contributed by atoms with van der Waals surface area (Å²) in [7, 11) is 7.36. The smallest absolute Gasteiger partial charge is 0.338 e. The zero-order chi connectivity index (χ0) is 28.3. The quantitative estimate of drug-likeness (QED) is 0.343. The highest BCUT2D eigenvalue weighted by Gasteiger charge is 2.54. The van der Waals surface area contributed by atoms with E-state index in [9.17, 15) is 9.59 Å². The summed E-state index contributed by atoms with van der Waals surface area (Å²) in [5, 5.41) is 0. The van der Waals surface area contributed by atoms with Gasteiger partial charge in [-0.1, -0.05) is 60.7 Å². The summed E-state index contributed by atoms with van der Waals surface area (Å²) >= 11 is 0. The van der Waals surface area contributed by atoms with Gasteiger partial charge in [-0.05, 0) is 74.7 Å². The zero-order valence-electron chi connectivity index (χ0n) is 23.9. The maximum atomic E-state index is 14.1. The lowest BCUT2D eigenvalue weighted by atomic mass is 9.68. The van der Waals surface area contributed by atoms with Gasteiger partial charge in [-0.25, -0.2) is 9.59 Å². The molecule has 3 aromatic carbocycles. The molecule has 5 rings (SSSR count). The van der Waals surface area contributed by atoms with Crippen LogP contribution >= 0.6 is 0 Å². The van der Waals surface area contributed by atoms with Crippen molar-refractivity contribution in [3.63, 3.8) is 0 Å². The lowest BCUT2D eigenvalue weighted by molar-refractivity contribution is 0.0219. The SMILES string of the molecule is COC(=O)c1ccccc1CN1C(=O)N(Cc2ccc(OC)cc2)CC12CCC(c1ccccc1)(N(C)C)CC2. The summed E-state index contributed by atoms with van der Waals surface area (Å²) in [5.41, 5.74) is 3.26. The Bertz CT molecular complexity index is 1330. The molecule has 7 nitrogen and oxygen atoms in total. The Labute approximate surface area is 237 Å². The van der Waals surface area contributed by atoms with Crippen LogP contribution in [0.5, 0.6) is 5.75 Å². The normalized spacial score (nSPS) is 22.7. The monoisotopic (exact) mass is 541 g/mol. The second-order valence-electron chi connectivity index (χ2n) is 11.2. The third-order valence-electron chi connectivity index (χ3n) is 9.02. The summed E-state index contributed by atoms with van der Waals surface area (Å²) in [6.45, 7) is 1.54. The zero-order valence-corrected chi connectivity index (χ0v) is 23.9. The number of methoxy groups -OCH3 is 2. The number of urea groups is 1. The van der Waals surface area contributed by atoms with Crippen LogP contribution in [0.25, 0.3) is 0 Å². The van der Waals surface area contributed by atoms with Gasteiger partial charge in [0.1, 0.15) is 5.75 Å². The van der Waals surface area contributed by atoms with Gasteiger partial charge < -0.3 is 19.3 Å². The first-order valence-electron chi connectivity index (χ1n) is 13.9. The van der Waals surface area contributed by atoms with Gasteiger partial charge in [-0.15, -0.1) is 0 Å². The van der Waals surface area contributed by atoms with Gasteiger partial charge in [-0.2, -0.15) is 0 Å². The number of ether oxygens (including phenoxy) is 2. The van der Waals surface area contributed by atoms with E-state index < -0.39 is 0 Å². The molecule has 2 aliphatic rings. The number of benzene rings is 3. The predicted molar refractivity (Wildman–Crippen MR) is 155 cm³/mol. The maximum absolute atomic E-state index is 14.1. The number of carbonyl (C=O) groups excluding carboxylic acids is 2. The summed E-state index contributed by atoms with van der Waals surface area (Å²) in [6, 6.07) is 26.1. The molecule has 0 N–H and O–H groups in total. The average Bonchev–Trinajstić information content (AvgIpc) is 3.23. The Hall–Kier alpha value is -3.84. The van der Waals surface area contributed by atoms with E-state index in [0.29, 0.717) is 25.2 Å². The Morgan fingerprint density at radius 2 is 1.50 bits per heavy atom. The van der Waals surface area contributed by atoms with Gasteiger partial charge >= 0.3 is 12.0 Å². The highest BCUT2D eigenvalue weighted by molar-refractivity contribution is 5.91. The van der Waals surface area contributed by atoms with Gasteiger partial charge in [0.2, 0.25) is 0 Å². The fourth-order valence-electron chi connectivity index (χ4n) is 6.63. The van der Waals surface area contributed by atoms with E-state index >= 15 is 0 Å². The molecule has 3 aromatic rings. The number of esters is 1. The number of hydrogen-bond acceptors (Lipinski definition) is 5. The van der Waals surface area contributed by atoms with Crippen LogP contribution in [0, 0.1) is 0 Å². The van der Waals surface area contributed by atoms with Crippen molar-refractivity contribution in [3.8, 4) is 5.75 Å². The molecule has 2 amide bonds. The summed E-state index contributed by atoms with van der Waals surface area (Å²) in [5.74, 6) is 0.410. The van der Waals surface area contributed by atoms with E-state index in [0.717, 1.165) is 42.6 Å². The van der Waals surface area contributed by atoms with Crippen molar-refractivity contribution in [2.45, 2.75) is 49.9 Å². The number of hydrogen-bond donors (Lipinski definition) is 0. The molecule has 2 fully saturated rings.